The summed E-state index contributed by atoms with van der Waals surface area (Å²) in [7, 11) is 0. The van der Waals surface area contributed by atoms with Gasteiger partial charge in [0.25, 0.3) is 5.91 Å². The molecule has 2 aromatic rings. The maximum Gasteiger partial charge on any atom is 0.348 e. The van der Waals surface area contributed by atoms with Gasteiger partial charge in [0.2, 0.25) is 0 Å². The van der Waals surface area contributed by atoms with E-state index in [-0.39, 0.29) is 5.78 Å². The monoisotopic (exact) mass is 369 g/mol. The Morgan fingerprint density at radius 2 is 1.63 bits per heavy atom. The fourth-order valence-electron chi connectivity index (χ4n) is 2.40. The fraction of sp³-hybridized carbons (Fsp3) is 0.286. The number of ether oxygens (including phenoxy) is 2. The number of carbonyl (C=O) groups is 3. The minimum atomic E-state index is -1.04. The van der Waals surface area contributed by atoms with E-state index in [0.717, 1.165) is 0 Å². The number of hydrogen-bond donors (Lipinski definition) is 1. The quantitative estimate of drug-likeness (QED) is 0.568. The summed E-state index contributed by atoms with van der Waals surface area (Å²) in [6.07, 6.45) is -1.45. The van der Waals surface area contributed by atoms with Crippen molar-refractivity contribution in [2.75, 3.05) is 5.32 Å². The first-order chi connectivity index (χ1) is 12.9. The van der Waals surface area contributed by atoms with Crippen molar-refractivity contribution in [2.24, 2.45) is 0 Å². The standard InChI is InChI=1S/C21H23NO5/c1-4-19(27-16-10-6-5-7-11-16)21(25)26-15(3)20(24)22-18-13-9-8-12-17(18)14(2)23/h5-13,15,19H,4H2,1-3H3,(H,22,24)/t15-,19+/m1/s1. The molecule has 0 bridgehead atoms. The number of carbonyl (C=O) groups excluding carboxylic acids is 3. The Morgan fingerprint density at radius 1 is 1.00 bits per heavy atom. The average molecular weight is 369 g/mol. The first kappa shape index (κ1) is 20.2. The van der Waals surface area contributed by atoms with Gasteiger partial charge >= 0.3 is 5.97 Å². The summed E-state index contributed by atoms with van der Waals surface area (Å²) in [5.41, 5.74) is 0.772. The van der Waals surface area contributed by atoms with Crippen LogP contribution in [0.15, 0.2) is 54.6 Å². The Bertz CT molecular complexity index is 803. The molecule has 0 heterocycles. The van der Waals surface area contributed by atoms with E-state index in [2.05, 4.69) is 5.32 Å². The topological polar surface area (TPSA) is 81.7 Å². The van der Waals surface area contributed by atoms with Crippen LogP contribution in [-0.2, 0) is 14.3 Å². The van der Waals surface area contributed by atoms with E-state index in [9.17, 15) is 14.4 Å². The molecule has 0 spiro atoms. The lowest BCUT2D eigenvalue weighted by molar-refractivity contribution is -0.160. The van der Waals surface area contributed by atoms with Crippen molar-refractivity contribution in [2.45, 2.75) is 39.4 Å². The van der Waals surface area contributed by atoms with Crippen LogP contribution in [0.25, 0.3) is 0 Å². The van der Waals surface area contributed by atoms with Crippen LogP contribution in [0.3, 0.4) is 0 Å². The zero-order valence-electron chi connectivity index (χ0n) is 15.6. The Balaban J connectivity index is 1.98. The minimum absolute atomic E-state index is 0.169. The minimum Gasteiger partial charge on any atom is -0.479 e. The summed E-state index contributed by atoms with van der Waals surface area (Å²) < 4.78 is 10.9. The number of ketones is 1. The van der Waals surface area contributed by atoms with Crippen molar-refractivity contribution in [3.05, 3.63) is 60.2 Å². The number of hydrogen-bond acceptors (Lipinski definition) is 5. The van der Waals surface area contributed by atoms with Crippen molar-refractivity contribution in [3.8, 4) is 5.75 Å². The van der Waals surface area contributed by atoms with E-state index in [0.29, 0.717) is 23.4 Å². The smallest absolute Gasteiger partial charge is 0.348 e. The molecule has 0 saturated heterocycles. The van der Waals surface area contributed by atoms with Gasteiger partial charge in [0.05, 0.1) is 5.69 Å². The highest BCUT2D eigenvalue weighted by atomic mass is 16.6. The van der Waals surface area contributed by atoms with Crippen molar-refractivity contribution in [1.29, 1.82) is 0 Å². The molecule has 0 aromatic heterocycles. The third-order valence-corrected chi connectivity index (χ3v) is 3.88. The predicted octanol–water partition coefficient (Wildman–Crippen LogP) is 3.62. The molecule has 0 saturated carbocycles. The van der Waals surface area contributed by atoms with Crippen molar-refractivity contribution < 1.29 is 23.9 Å². The van der Waals surface area contributed by atoms with Crippen LogP contribution in [0.4, 0.5) is 5.69 Å². The van der Waals surface area contributed by atoms with E-state index >= 15 is 0 Å². The van der Waals surface area contributed by atoms with E-state index in [4.69, 9.17) is 9.47 Å². The number of rotatable bonds is 8. The number of anilines is 1. The summed E-state index contributed by atoms with van der Waals surface area (Å²) >= 11 is 0. The molecule has 0 fully saturated rings. The summed E-state index contributed by atoms with van der Waals surface area (Å²) in [6.45, 7) is 4.68. The lowest BCUT2D eigenvalue weighted by atomic mass is 10.1. The lowest BCUT2D eigenvalue weighted by Crippen LogP contribution is -2.36. The van der Waals surface area contributed by atoms with E-state index in [1.807, 2.05) is 6.07 Å². The first-order valence-electron chi connectivity index (χ1n) is 8.75. The lowest BCUT2D eigenvalue weighted by Gasteiger charge is -2.20. The van der Waals surface area contributed by atoms with Gasteiger partial charge in [0, 0.05) is 5.56 Å². The average Bonchev–Trinajstić information content (AvgIpc) is 2.66. The maximum absolute atomic E-state index is 12.4. The third-order valence-electron chi connectivity index (χ3n) is 3.88. The van der Waals surface area contributed by atoms with Crippen LogP contribution < -0.4 is 10.1 Å². The number of esters is 1. The summed E-state index contributed by atoms with van der Waals surface area (Å²) in [4.78, 5) is 36.3. The van der Waals surface area contributed by atoms with Crippen LogP contribution in [-0.4, -0.2) is 29.9 Å². The van der Waals surface area contributed by atoms with Crippen molar-refractivity contribution in [3.63, 3.8) is 0 Å². The van der Waals surface area contributed by atoms with Crippen LogP contribution in [0.1, 0.15) is 37.6 Å². The van der Waals surface area contributed by atoms with Crippen molar-refractivity contribution in [1.82, 2.24) is 0 Å². The van der Waals surface area contributed by atoms with Gasteiger partial charge in [-0.05, 0) is 44.5 Å². The Labute approximate surface area is 158 Å². The Kier molecular flexibility index (Phi) is 7.11. The predicted molar refractivity (Wildman–Crippen MR) is 102 cm³/mol. The van der Waals surface area contributed by atoms with Gasteiger partial charge in [0.15, 0.2) is 18.0 Å². The molecule has 0 radical (unpaired) electrons. The second-order valence-corrected chi connectivity index (χ2v) is 6.00. The zero-order valence-corrected chi connectivity index (χ0v) is 15.6. The maximum atomic E-state index is 12.4. The molecule has 0 aliphatic rings. The molecule has 142 valence electrons. The highest BCUT2D eigenvalue weighted by Gasteiger charge is 2.26. The largest absolute Gasteiger partial charge is 0.479 e. The number of benzene rings is 2. The molecule has 6 nitrogen and oxygen atoms in total. The number of amides is 1. The highest BCUT2D eigenvalue weighted by molar-refractivity contribution is 6.04. The molecule has 1 amide bonds. The third kappa shape index (κ3) is 5.67. The molecule has 0 unspecified atom stereocenters. The SMILES string of the molecule is CC[C@H](Oc1ccccc1)C(=O)O[C@H](C)C(=O)Nc1ccccc1C(C)=O. The van der Waals surface area contributed by atoms with Gasteiger partial charge in [0.1, 0.15) is 5.75 Å². The Morgan fingerprint density at radius 3 is 2.26 bits per heavy atom. The van der Waals surface area contributed by atoms with E-state index in [1.54, 1.807) is 55.5 Å². The molecule has 6 heteroatoms. The van der Waals surface area contributed by atoms with Crippen molar-refractivity contribution >= 4 is 23.3 Å². The van der Waals surface area contributed by atoms with Gasteiger partial charge in [-0.25, -0.2) is 4.79 Å². The van der Waals surface area contributed by atoms with Crippen LogP contribution in [0, 0.1) is 0 Å². The number of nitrogens with one attached hydrogen (secondary N) is 1. The summed E-state index contributed by atoms with van der Waals surface area (Å²) in [6, 6.07) is 15.6. The molecule has 1 N–H and O–H groups in total. The second kappa shape index (κ2) is 9.52. The first-order valence-corrected chi connectivity index (χ1v) is 8.75. The van der Waals surface area contributed by atoms with Crippen LogP contribution in [0.2, 0.25) is 0 Å². The van der Waals surface area contributed by atoms with Gasteiger partial charge in [-0.2, -0.15) is 0 Å². The second-order valence-electron chi connectivity index (χ2n) is 6.00. The number of Topliss-reactive ketones (excluding diaryl/α,β-unsaturated/α-hetero) is 1. The van der Waals surface area contributed by atoms with Gasteiger partial charge in [-0.3, -0.25) is 9.59 Å². The van der Waals surface area contributed by atoms with Gasteiger partial charge in [-0.1, -0.05) is 37.3 Å². The molecular weight excluding hydrogens is 346 g/mol. The molecule has 0 aliphatic heterocycles. The molecule has 2 atom stereocenters. The highest BCUT2D eigenvalue weighted by Crippen LogP contribution is 2.17. The molecule has 2 aromatic carbocycles. The number of para-hydroxylation sites is 2. The fourth-order valence-corrected chi connectivity index (χ4v) is 2.40. The molecular formula is C21H23NO5. The zero-order chi connectivity index (χ0) is 19.8. The van der Waals surface area contributed by atoms with E-state index < -0.39 is 24.1 Å². The summed E-state index contributed by atoms with van der Waals surface area (Å²) in [5, 5.41) is 2.63. The molecule has 2 rings (SSSR count). The molecule has 27 heavy (non-hydrogen) atoms. The summed E-state index contributed by atoms with van der Waals surface area (Å²) in [5.74, 6) is -0.762. The van der Waals surface area contributed by atoms with Gasteiger partial charge in [-0.15, -0.1) is 0 Å². The molecule has 0 aliphatic carbocycles. The van der Waals surface area contributed by atoms with Crippen LogP contribution in [0.5, 0.6) is 5.75 Å². The van der Waals surface area contributed by atoms with Gasteiger partial charge < -0.3 is 14.8 Å². The Hall–Kier alpha value is -3.15. The van der Waals surface area contributed by atoms with Crippen LogP contribution >= 0.6 is 0 Å². The normalized spacial score (nSPS) is 12.6. The van der Waals surface area contributed by atoms with E-state index in [1.165, 1.54) is 13.8 Å².